The molecular weight excluding hydrogens is 314 g/mol. The molecule has 3 aromatic rings. The predicted molar refractivity (Wildman–Crippen MR) is 86.7 cm³/mol. The van der Waals surface area contributed by atoms with Gasteiger partial charge in [-0.15, -0.1) is 0 Å². The highest BCUT2D eigenvalue weighted by Crippen LogP contribution is 2.27. The van der Waals surface area contributed by atoms with Crippen LogP contribution in [0.25, 0.3) is 22.1 Å². The van der Waals surface area contributed by atoms with E-state index in [1.807, 2.05) is 12.1 Å². The van der Waals surface area contributed by atoms with Gasteiger partial charge in [0.2, 0.25) is 0 Å². The third-order valence-corrected chi connectivity index (χ3v) is 3.79. The smallest absolute Gasteiger partial charge is 0.134 e. The van der Waals surface area contributed by atoms with Crippen molar-refractivity contribution in [1.29, 1.82) is 0 Å². The lowest BCUT2D eigenvalue weighted by Crippen LogP contribution is -2.10. The van der Waals surface area contributed by atoms with E-state index >= 15 is 0 Å². The molecule has 0 unspecified atom stereocenters. The summed E-state index contributed by atoms with van der Waals surface area (Å²) >= 11 is 3.50. The molecule has 0 bridgehead atoms. The monoisotopic (exact) mass is 329 g/mol. The average molecular weight is 330 g/mol. The maximum Gasteiger partial charge on any atom is 0.134 e. The SMILES string of the molecule is CCNCc1ccc(-c2ccc3cc(Br)ccc3c2)o1. The van der Waals surface area contributed by atoms with Crippen LogP contribution >= 0.6 is 15.9 Å². The molecular formula is C17H16BrNO. The number of hydrogen-bond acceptors (Lipinski definition) is 2. The number of furan rings is 1. The van der Waals surface area contributed by atoms with Crippen molar-refractivity contribution in [2.75, 3.05) is 6.54 Å². The van der Waals surface area contributed by atoms with Crippen LogP contribution in [-0.2, 0) is 6.54 Å². The van der Waals surface area contributed by atoms with Gasteiger partial charge in [-0.3, -0.25) is 0 Å². The minimum absolute atomic E-state index is 0.775. The van der Waals surface area contributed by atoms with E-state index in [1.165, 1.54) is 10.8 Å². The number of hydrogen-bond donors (Lipinski definition) is 1. The maximum atomic E-state index is 5.87. The van der Waals surface area contributed by atoms with E-state index in [2.05, 4.69) is 64.6 Å². The van der Waals surface area contributed by atoms with Crippen LogP contribution in [0.15, 0.2) is 57.4 Å². The topological polar surface area (TPSA) is 25.2 Å². The maximum absolute atomic E-state index is 5.87. The number of fused-ring (bicyclic) bond motifs is 1. The fraction of sp³-hybridized carbons (Fsp3) is 0.176. The fourth-order valence-corrected chi connectivity index (χ4v) is 2.62. The van der Waals surface area contributed by atoms with Crippen LogP contribution in [0.4, 0.5) is 0 Å². The molecule has 0 aliphatic carbocycles. The van der Waals surface area contributed by atoms with Gasteiger partial charge in [0.15, 0.2) is 0 Å². The van der Waals surface area contributed by atoms with Crippen molar-refractivity contribution in [3.05, 3.63) is 58.8 Å². The molecule has 0 saturated carbocycles. The van der Waals surface area contributed by atoms with Gasteiger partial charge in [-0.1, -0.05) is 41.1 Å². The van der Waals surface area contributed by atoms with Gasteiger partial charge < -0.3 is 9.73 Å². The normalized spacial score (nSPS) is 11.1. The van der Waals surface area contributed by atoms with Crippen molar-refractivity contribution in [3.8, 4) is 11.3 Å². The van der Waals surface area contributed by atoms with Crippen LogP contribution in [0.5, 0.6) is 0 Å². The highest BCUT2D eigenvalue weighted by molar-refractivity contribution is 9.10. The Labute approximate surface area is 126 Å². The summed E-state index contributed by atoms with van der Waals surface area (Å²) in [6.07, 6.45) is 0. The van der Waals surface area contributed by atoms with E-state index in [0.29, 0.717) is 0 Å². The molecule has 2 aromatic carbocycles. The first-order valence-corrected chi connectivity index (χ1v) is 7.54. The molecule has 20 heavy (non-hydrogen) atoms. The van der Waals surface area contributed by atoms with Crippen molar-refractivity contribution in [2.24, 2.45) is 0 Å². The molecule has 0 saturated heterocycles. The molecule has 0 amide bonds. The van der Waals surface area contributed by atoms with Crippen molar-refractivity contribution >= 4 is 26.7 Å². The van der Waals surface area contributed by atoms with Crippen LogP contribution in [0.3, 0.4) is 0 Å². The molecule has 0 aliphatic heterocycles. The van der Waals surface area contributed by atoms with Crippen LogP contribution in [0.2, 0.25) is 0 Å². The number of nitrogens with one attached hydrogen (secondary N) is 1. The molecule has 0 spiro atoms. The summed E-state index contributed by atoms with van der Waals surface area (Å²) in [4.78, 5) is 0. The van der Waals surface area contributed by atoms with Crippen LogP contribution in [0, 0.1) is 0 Å². The highest BCUT2D eigenvalue weighted by Gasteiger charge is 2.05. The Balaban J connectivity index is 1.93. The second-order valence-corrected chi connectivity index (χ2v) is 5.67. The first kappa shape index (κ1) is 13.4. The van der Waals surface area contributed by atoms with Gasteiger partial charge in [0.05, 0.1) is 6.54 Å². The molecule has 1 N–H and O–H groups in total. The van der Waals surface area contributed by atoms with Crippen LogP contribution < -0.4 is 5.32 Å². The Kier molecular flexibility index (Phi) is 3.90. The molecule has 3 rings (SSSR count). The summed E-state index contributed by atoms with van der Waals surface area (Å²) in [5.41, 5.74) is 1.11. The summed E-state index contributed by atoms with van der Waals surface area (Å²) in [7, 11) is 0. The van der Waals surface area contributed by atoms with Gasteiger partial charge in [0.25, 0.3) is 0 Å². The Morgan fingerprint density at radius 2 is 1.80 bits per heavy atom. The van der Waals surface area contributed by atoms with Gasteiger partial charge >= 0.3 is 0 Å². The lowest BCUT2D eigenvalue weighted by Gasteiger charge is -2.02. The van der Waals surface area contributed by atoms with E-state index in [-0.39, 0.29) is 0 Å². The zero-order valence-corrected chi connectivity index (χ0v) is 12.9. The highest BCUT2D eigenvalue weighted by atomic mass is 79.9. The van der Waals surface area contributed by atoms with Crippen LogP contribution in [0.1, 0.15) is 12.7 Å². The molecule has 0 atom stereocenters. The minimum atomic E-state index is 0.775. The second-order valence-electron chi connectivity index (χ2n) is 4.75. The largest absolute Gasteiger partial charge is 0.460 e. The lowest BCUT2D eigenvalue weighted by atomic mass is 10.1. The predicted octanol–water partition coefficient (Wildman–Crippen LogP) is 4.97. The molecule has 2 nitrogen and oxygen atoms in total. The lowest BCUT2D eigenvalue weighted by molar-refractivity contribution is 0.498. The van der Waals surface area contributed by atoms with Crippen molar-refractivity contribution in [1.82, 2.24) is 5.32 Å². The molecule has 0 radical (unpaired) electrons. The van der Waals surface area contributed by atoms with Gasteiger partial charge in [-0.2, -0.15) is 0 Å². The van der Waals surface area contributed by atoms with Crippen molar-refractivity contribution < 1.29 is 4.42 Å². The van der Waals surface area contributed by atoms with E-state index in [1.54, 1.807) is 0 Å². The summed E-state index contributed by atoms with van der Waals surface area (Å²) in [5.74, 6) is 1.89. The van der Waals surface area contributed by atoms with E-state index in [0.717, 1.165) is 34.6 Å². The molecule has 0 aliphatic rings. The van der Waals surface area contributed by atoms with Gasteiger partial charge in [-0.25, -0.2) is 0 Å². The standard InChI is InChI=1S/C17H16BrNO/c1-2-19-11-16-7-8-17(20-16)14-4-3-13-10-15(18)6-5-12(13)9-14/h3-10,19H,2,11H2,1H3. The number of rotatable bonds is 4. The Morgan fingerprint density at radius 3 is 2.65 bits per heavy atom. The quantitative estimate of drug-likeness (QED) is 0.730. The van der Waals surface area contributed by atoms with Gasteiger partial charge in [0.1, 0.15) is 11.5 Å². The first-order valence-electron chi connectivity index (χ1n) is 6.75. The van der Waals surface area contributed by atoms with Crippen LogP contribution in [-0.4, -0.2) is 6.54 Å². The third-order valence-electron chi connectivity index (χ3n) is 3.30. The van der Waals surface area contributed by atoms with Crippen molar-refractivity contribution in [2.45, 2.75) is 13.5 Å². The van der Waals surface area contributed by atoms with Gasteiger partial charge in [-0.05, 0) is 47.6 Å². The number of benzene rings is 2. The Hall–Kier alpha value is -1.58. The zero-order chi connectivity index (χ0) is 13.9. The second kappa shape index (κ2) is 5.81. The first-order chi connectivity index (χ1) is 9.76. The molecule has 0 fully saturated rings. The zero-order valence-electron chi connectivity index (χ0n) is 11.3. The summed E-state index contributed by atoms with van der Waals surface area (Å²) in [6.45, 7) is 3.81. The van der Waals surface area contributed by atoms with Crippen molar-refractivity contribution in [3.63, 3.8) is 0 Å². The van der Waals surface area contributed by atoms with Gasteiger partial charge in [0, 0.05) is 10.0 Å². The molecule has 1 heterocycles. The summed E-state index contributed by atoms with van der Waals surface area (Å²) in [5, 5.41) is 5.71. The van der Waals surface area contributed by atoms with E-state index in [9.17, 15) is 0 Å². The third kappa shape index (κ3) is 2.79. The average Bonchev–Trinajstić information content (AvgIpc) is 2.93. The van der Waals surface area contributed by atoms with E-state index < -0.39 is 0 Å². The van der Waals surface area contributed by atoms with E-state index in [4.69, 9.17) is 4.42 Å². The fourth-order valence-electron chi connectivity index (χ4n) is 2.25. The Morgan fingerprint density at radius 1 is 1.00 bits per heavy atom. The molecule has 3 heteroatoms. The molecule has 1 aromatic heterocycles. The Bertz CT molecular complexity index is 733. The summed E-state index contributed by atoms with van der Waals surface area (Å²) in [6, 6.07) is 16.8. The molecule has 102 valence electrons. The summed E-state index contributed by atoms with van der Waals surface area (Å²) < 4.78 is 6.97. The number of halogens is 1. The minimum Gasteiger partial charge on any atom is -0.460 e.